The fourth-order valence-corrected chi connectivity index (χ4v) is 2.01. The van der Waals surface area contributed by atoms with Crippen molar-refractivity contribution in [1.29, 1.82) is 0 Å². The first kappa shape index (κ1) is 10.4. The molecule has 1 fully saturated rings. The summed E-state index contributed by atoms with van der Waals surface area (Å²) in [6.45, 7) is 0.639. The lowest BCUT2D eigenvalue weighted by Gasteiger charge is -2.13. The van der Waals surface area contributed by atoms with E-state index in [0.29, 0.717) is 24.7 Å². The third-order valence-corrected chi connectivity index (χ3v) is 2.79. The van der Waals surface area contributed by atoms with Crippen molar-refractivity contribution in [3.8, 4) is 5.88 Å². The zero-order valence-electron chi connectivity index (χ0n) is 8.18. The third-order valence-electron chi connectivity index (χ3n) is 2.18. The normalized spacial score (nSPS) is 20.8. The summed E-state index contributed by atoms with van der Waals surface area (Å²) in [5.41, 5.74) is 0. The first-order valence-electron chi connectivity index (χ1n) is 4.51. The number of nitrogens with zero attached hydrogens (tertiary/aromatic N) is 3. The maximum atomic E-state index is 11.5. The number of alkyl halides is 1. The van der Waals surface area contributed by atoms with Gasteiger partial charge in [0.2, 0.25) is 11.8 Å². The standard InChI is InChI=1S/C9H10BrN3O2/c1-15-8-4-11-7(3-12-8)13-5-6(10)2-9(13)14/h3-4,6H,2,5H2,1H3. The molecular weight excluding hydrogens is 262 g/mol. The first-order valence-corrected chi connectivity index (χ1v) is 5.42. The van der Waals surface area contributed by atoms with E-state index in [1.165, 1.54) is 13.3 Å². The van der Waals surface area contributed by atoms with Gasteiger partial charge in [-0.05, 0) is 0 Å². The number of ether oxygens (including phenoxy) is 1. The number of carbonyl (C=O) groups excluding carboxylic acids is 1. The van der Waals surface area contributed by atoms with Crippen LogP contribution in [0.3, 0.4) is 0 Å². The van der Waals surface area contributed by atoms with E-state index in [2.05, 4.69) is 25.9 Å². The van der Waals surface area contributed by atoms with Crippen LogP contribution >= 0.6 is 15.9 Å². The number of aromatic nitrogens is 2. The van der Waals surface area contributed by atoms with E-state index in [9.17, 15) is 4.79 Å². The summed E-state index contributed by atoms with van der Waals surface area (Å²) in [5, 5.41) is 0. The summed E-state index contributed by atoms with van der Waals surface area (Å²) in [5.74, 6) is 1.08. The summed E-state index contributed by atoms with van der Waals surface area (Å²) in [4.78, 5) is 21.5. The second-order valence-corrected chi connectivity index (χ2v) is 4.52. The van der Waals surface area contributed by atoms with Gasteiger partial charge in [-0.1, -0.05) is 15.9 Å². The van der Waals surface area contributed by atoms with Crippen LogP contribution in [0.5, 0.6) is 5.88 Å². The predicted molar refractivity (Wildman–Crippen MR) is 58.3 cm³/mol. The highest BCUT2D eigenvalue weighted by atomic mass is 79.9. The van der Waals surface area contributed by atoms with Gasteiger partial charge >= 0.3 is 0 Å². The second kappa shape index (κ2) is 4.14. The van der Waals surface area contributed by atoms with Crippen molar-refractivity contribution >= 4 is 27.7 Å². The molecule has 1 amide bonds. The molecule has 0 spiro atoms. The maximum absolute atomic E-state index is 11.5. The lowest BCUT2D eigenvalue weighted by Crippen LogP contribution is -2.25. The lowest BCUT2D eigenvalue weighted by molar-refractivity contribution is -0.117. The summed E-state index contributed by atoms with van der Waals surface area (Å²) in [6.07, 6.45) is 3.56. The van der Waals surface area contributed by atoms with Gasteiger partial charge in [0.25, 0.3) is 0 Å². The monoisotopic (exact) mass is 271 g/mol. The number of rotatable bonds is 2. The van der Waals surface area contributed by atoms with Crippen LogP contribution in [0, 0.1) is 0 Å². The number of anilines is 1. The second-order valence-electron chi connectivity index (χ2n) is 3.22. The van der Waals surface area contributed by atoms with E-state index < -0.39 is 0 Å². The summed E-state index contributed by atoms with van der Waals surface area (Å²) >= 11 is 3.41. The summed E-state index contributed by atoms with van der Waals surface area (Å²) in [7, 11) is 1.53. The van der Waals surface area contributed by atoms with E-state index in [0.717, 1.165) is 0 Å². The molecule has 0 aliphatic carbocycles. The Morgan fingerprint density at radius 2 is 2.33 bits per heavy atom. The molecule has 6 heteroatoms. The molecule has 1 aliphatic rings. The van der Waals surface area contributed by atoms with Crippen LogP contribution in [-0.4, -0.2) is 34.4 Å². The van der Waals surface area contributed by atoms with E-state index in [1.807, 2.05) is 0 Å². The summed E-state index contributed by atoms with van der Waals surface area (Å²) < 4.78 is 4.89. The average Bonchev–Trinajstić information content (AvgIpc) is 2.58. The number of carbonyl (C=O) groups is 1. The smallest absolute Gasteiger partial charge is 0.232 e. The van der Waals surface area contributed by atoms with Gasteiger partial charge in [0.05, 0.1) is 19.5 Å². The van der Waals surface area contributed by atoms with Gasteiger partial charge in [0.1, 0.15) is 0 Å². The topological polar surface area (TPSA) is 55.3 Å². The molecule has 1 unspecified atom stereocenters. The highest BCUT2D eigenvalue weighted by Crippen LogP contribution is 2.23. The van der Waals surface area contributed by atoms with Gasteiger partial charge in [0, 0.05) is 17.8 Å². The zero-order chi connectivity index (χ0) is 10.8. The Morgan fingerprint density at radius 3 is 2.80 bits per heavy atom. The van der Waals surface area contributed by atoms with E-state index in [-0.39, 0.29) is 10.7 Å². The molecule has 2 rings (SSSR count). The van der Waals surface area contributed by atoms with Crippen molar-refractivity contribution in [2.75, 3.05) is 18.6 Å². The van der Waals surface area contributed by atoms with Gasteiger partial charge in [-0.15, -0.1) is 0 Å². The van der Waals surface area contributed by atoms with Crippen molar-refractivity contribution in [2.24, 2.45) is 0 Å². The highest BCUT2D eigenvalue weighted by Gasteiger charge is 2.29. The molecule has 0 aromatic carbocycles. The van der Waals surface area contributed by atoms with Gasteiger partial charge < -0.3 is 4.74 Å². The molecule has 1 aliphatic heterocycles. The highest BCUT2D eigenvalue weighted by molar-refractivity contribution is 9.09. The minimum absolute atomic E-state index is 0.0661. The molecule has 80 valence electrons. The SMILES string of the molecule is COc1cnc(N2CC(Br)CC2=O)cn1. The van der Waals surface area contributed by atoms with Crippen molar-refractivity contribution in [3.63, 3.8) is 0 Å². The molecule has 5 nitrogen and oxygen atoms in total. The van der Waals surface area contributed by atoms with Crippen LogP contribution in [0.1, 0.15) is 6.42 Å². The summed E-state index contributed by atoms with van der Waals surface area (Å²) in [6, 6.07) is 0. The molecule has 2 heterocycles. The minimum atomic E-state index is 0.0661. The van der Waals surface area contributed by atoms with Crippen molar-refractivity contribution < 1.29 is 9.53 Å². The Morgan fingerprint density at radius 1 is 1.53 bits per heavy atom. The number of methoxy groups -OCH3 is 1. The predicted octanol–water partition coefficient (Wildman–Crippen LogP) is 0.985. The van der Waals surface area contributed by atoms with E-state index in [4.69, 9.17) is 4.74 Å². The maximum Gasteiger partial charge on any atom is 0.232 e. The van der Waals surface area contributed by atoms with Crippen LogP contribution in [0.15, 0.2) is 12.4 Å². The fraction of sp³-hybridized carbons (Fsp3) is 0.444. The molecule has 0 bridgehead atoms. The van der Waals surface area contributed by atoms with Crippen LogP contribution in [0.25, 0.3) is 0 Å². The van der Waals surface area contributed by atoms with E-state index in [1.54, 1.807) is 11.1 Å². The Balaban J connectivity index is 2.19. The van der Waals surface area contributed by atoms with Gasteiger partial charge in [-0.3, -0.25) is 9.69 Å². The Kier molecular flexibility index (Phi) is 2.86. The van der Waals surface area contributed by atoms with Crippen molar-refractivity contribution in [3.05, 3.63) is 12.4 Å². The molecular formula is C9H10BrN3O2. The van der Waals surface area contributed by atoms with Gasteiger partial charge in [-0.2, -0.15) is 0 Å². The van der Waals surface area contributed by atoms with Gasteiger partial charge in [-0.25, -0.2) is 9.97 Å². The van der Waals surface area contributed by atoms with Crippen LogP contribution in [0.2, 0.25) is 0 Å². The molecule has 0 saturated carbocycles. The van der Waals surface area contributed by atoms with Crippen LogP contribution in [-0.2, 0) is 4.79 Å². The average molecular weight is 272 g/mol. The van der Waals surface area contributed by atoms with E-state index >= 15 is 0 Å². The number of hydrogen-bond donors (Lipinski definition) is 0. The molecule has 1 aromatic heterocycles. The Labute approximate surface area is 95.6 Å². The van der Waals surface area contributed by atoms with Crippen LogP contribution < -0.4 is 9.64 Å². The number of amides is 1. The van der Waals surface area contributed by atoms with Crippen molar-refractivity contribution in [2.45, 2.75) is 11.2 Å². The lowest BCUT2D eigenvalue weighted by atomic mass is 10.4. The number of hydrogen-bond acceptors (Lipinski definition) is 4. The van der Waals surface area contributed by atoms with Crippen molar-refractivity contribution in [1.82, 2.24) is 9.97 Å². The molecule has 15 heavy (non-hydrogen) atoms. The first-order chi connectivity index (χ1) is 7.20. The molecule has 1 aromatic rings. The Hall–Kier alpha value is -1.17. The molecule has 1 saturated heterocycles. The third kappa shape index (κ3) is 2.09. The van der Waals surface area contributed by atoms with Crippen LogP contribution in [0.4, 0.5) is 5.82 Å². The largest absolute Gasteiger partial charge is 0.480 e. The molecule has 0 N–H and O–H groups in total. The minimum Gasteiger partial charge on any atom is -0.480 e. The molecule has 0 radical (unpaired) electrons. The number of halogens is 1. The van der Waals surface area contributed by atoms with Gasteiger partial charge in [0.15, 0.2) is 5.82 Å². The zero-order valence-corrected chi connectivity index (χ0v) is 9.77. The Bertz CT molecular complexity index is 368. The fourth-order valence-electron chi connectivity index (χ4n) is 1.44. The molecule has 1 atom stereocenters. The quantitative estimate of drug-likeness (QED) is 0.753.